The van der Waals surface area contributed by atoms with Gasteiger partial charge in [-0.05, 0) is 50.2 Å². The van der Waals surface area contributed by atoms with E-state index in [9.17, 15) is 4.79 Å². The summed E-state index contributed by atoms with van der Waals surface area (Å²) >= 11 is 5.93. The zero-order valence-electron chi connectivity index (χ0n) is 14.1. The van der Waals surface area contributed by atoms with Crippen LogP contribution in [0.5, 0.6) is 0 Å². The Hall–Kier alpha value is -2.35. The van der Waals surface area contributed by atoms with Crippen molar-refractivity contribution in [3.05, 3.63) is 63.7 Å². The average Bonchev–Trinajstić information content (AvgIpc) is 2.50. The van der Waals surface area contributed by atoms with Crippen molar-refractivity contribution in [3.8, 4) is 6.07 Å². The van der Waals surface area contributed by atoms with Crippen molar-refractivity contribution in [3.63, 3.8) is 0 Å². The van der Waals surface area contributed by atoms with Gasteiger partial charge in [0.05, 0.1) is 17.8 Å². The molecule has 2 aromatic rings. The van der Waals surface area contributed by atoms with E-state index in [0.717, 1.165) is 0 Å². The Bertz CT molecular complexity index is 796. The van der Waals surface area contributed by atoms with Gasteiger partial charge in [-0.3, -0.25) is 9.69 Å². The van der Waals surface area contributed by atoms with Gasteiger partial charge < -0.3 is 5.32 Å². The normalized spacial score (nSPS) is 10.5. The lowest BCUT2D eigenvalue weighted by Gasteiger charge is -2.18. The maximum absolute atomic E-state index is 12.2. The molecule has 0 saturated carbocycles. The molecule has 0 spiro atoms. The number of nitriles is 1. The van der Waals surface area contributed by atoms with E-state index in [-0.39, 0.29) is 12.5 Å². The minimum Gasteiger partial charge on any atom is -0.324 e. The van der Waals surface area contributed by atoms with Crippen molar-refractivity contribution in [2.24, 2.45) is 0 Å². The van der Waals surface area contributed by atoms with Crippen LogP contribution in [0.15, 0.2) is 36.4 Å². The fourth-order valence-corrected chi connectivity index (χ4v) is 2.69. The topological polar surface area (TPSA) is 56.1 Å². The quantitative estimate of drug-likeness (QED) is 0.897. The lowest BCUT2D eigenvalue weighted by atomic mass is 10.1. The summed E-state index contributed by atoms with van der Waals surface area (Å²) in [6, 6.07) is 13.1. The molecule has 1 N–H and O–H groups in total. The van der Waals surface area contributed by atoms with Crippen molar-refractivity contribution < 1.29 is 4.79 Å². The van der Waals surface area contributed by atoms with Gasteiger partial charge in [-0.2, -0.15) is 5.26 Å². The van der Waals surface area contributed by atoms with E-state index in [4.69, 9.17) is 16.9 Å². The van der Waals surface area contributed by atoms with Crippen LogP contribution in [0.3, 0.4) is 0 Å². The first kappa shape index (κ1) is 18.0. The number of likely N-dealkylation sites (N-methyl/N-ethyl adjacent to an activating group) is 1. The van der Waals surface area contributed by atoms with E-state index in [0.29, 0.717) is 22.8 Å². The molecule has 5 heteroatoms. The van der Waals surface area contributed by atoms with E-state index in [1.807, 2.05) is 18.0 Å². The summed E-state index contributed by atoms with van der Waals surface area (Å²) in [6.45, 7) is 5.04. The molecule has 0 atom stereocenters. The van der Waals surface area contributed by atoms with Gasteiger partial charge in [-0.1, -0.05) is 35.4 Å². The summed E-state index contributed by atoms with van der Waals surface area (Å²) < 4.78 is 0. The van der Waals surface area contributed by atoms with Crippen LogP contribution in [0.1, 0.15) is 22.3 Å². The van der Waals surface area contributed by atoms with Crippen LogP contribution in [0.2, 0.25) is 5.02 Å². The number of amides is 1. The van der Waals surface area contributed by atoms with E-state index in [1.54, 1.807) is 18.2 Å². The van der Waals surface area contributed by atoms with Gasteiger partial charge in [-0.25, -0.2) is 0 Å². The molecule has 24 heavy (non-hydrogen) atoms. The second kappa shape index (κ2) is 7.96. The SMILES string of the molecule is Cc1ccc(CN(C)CC(=O)Nc2cc(Cl)ccc2C#N)c(C)c1. The van der Waals surface area contributed by atoms with Crippen LogP contribution in [-0.4, -0.2) is 24.4 Å². The molecule has 124 valence electrons. The summed E-state index contributed by atoms with van der Waals surface area (Å²) in [5.41, 5.74) is 4.46. The molecule has 2 rings (SSSR count). The second-order valence-corrected chi connectivity index (χ2v) is 6.39. The molecule has 0 heterocycles. The highest BCUT2D eigenvalue weighted by Gasteiger charge is 2.11. The molecular formula is C19H20ClN3O. The van der Waals surface area contributed by atoms with Gasteiger partial charge in [0.25, 0.3) is 0 Å². The van der Waals surface area contributed by atoms with Crippen LogP contribution < -0.4 is 5.32 Å². The molecular weight excluding hydrogens is 322 g/mol. The van der Waals surface area contributed by atoms with E-state index >= 15 is 0 Å². The maximum Gasteiger partial charge on any atom is 0.238 e. The van der Waals surface area contributed by atoms with Crippen molar-refractivity contribution in [1.82, 2.24) is 4.90 Å². The molecule has 0 unspecified atom stereocenters. The number of benzene rings is 2. The Labute approximate surface area is 147 Å². The third kappa shape index (κ3) is 4.82. The minimum atomic E-state index is -0.180. The molecule has 0 aliphatic carbocycles. The fourth-order valence-electron chi connectivity index (χ4n) is 2.52. The average molecular weight is 342 g/mol. The number of hydrogen-bond acceptors (Lipinski definition) is 3. The van der Waals surface area contributed by atoms with E-state index < -0.39 is 0 Å². The number of carbonyl (C=O) groups is 1. The highest BCUT2D eigenvalue weighted by atomic mass is 35.5. The monoisotopic (exact) mass is 341 g/mol. The summed E-state index contributed by atoms with van der Waals surface area (Å²) in [6.07, 6.45) is 0. The smallest absolute Gasteiger partial charge is 0.238 e. The molecule has 1 amide bonds. The number of nitrogens with zero attached hydrogens (tertiary/aromatic N) is 2. The highest BCUT2D eigenvalue weighted by Crippen LogP contribution is 2.20. The van der Waals surface area contributed by atoms with Crippen molar-refractivity contribution in [1.29, 1.82) is 5.26 Å². The third-order valence-electron chi connectivity index (χ3n) is 3.73. The molecule has 0 bridgehead atoms. The van der Waals surface area contributed by atoms with Gasteiger partial charge in [0.2, 0.25) is 5.91 Å². The first-order chi connectivity index (χ1) is 11.4. The Morgan fingerprint density at radius 1 is 1.25 bits per heavy atom. The van der Waals surface area contributed by atoms with Gasteiger partial charge in [0, 0.05) is 11.6 Å². The molecule has 0 fully saturated rings. The molecule has 0 aliphatic rings. The first-order valence-corrected chi connectivity index (χ1v) is 8.01. The summed E-state index contributed by atoms with van der Waals surface area (Å²) in [5, 5.41) is 12.3. The molecule has 0 aliphatic heterocycles. The summed E-state index contributed by atoms with van der Waals surface area (Å²) in [5.74, 6) is -0.180. The van der Waals surface area contributed by atoms with E-state index in [1.165, 1.54) is 16.7 Å². The lowest BCUT2D eigenvalue weighted by molar-refractivity contribution is -0.117. The predicted molar refractivity (Wildman–Crippen MR) is 97.0 cm³/mol. The highest BCUT2D eigenvalue weighted by molar-refractivity contribution is 6.31. The van der Waals surface area contributed by atoms with Gasteiger partial charge in [0.15, 0.2) is 0 Å². The Morgan fingerprint density at radius 3 is 2.67 bits per heavy atom. The van der Waals surface area contributed by atoms with Gasteiger partial charge >= 0.3 is 0 Å². The van der Waals surface area contributed by atoms with Gasteiger partial charge in [0.1, 0.15) is 6.07 Å². The number of hydrogen-bond donors (Lipinski definition) is 1. The standard InChI is InChI=1S/C19H20ClN3O/c1-13-4-5-16(14(2)8-13)11-23(3)12-19(24)22-18-9-17(20)7-6-15(18)10-21/h4-9H,11-12H2,1-3H3,(H,22,24). The second-order valence-electron chi connectivity index (χ2n) is 5.95. The largest absolute Gasteiger partial charge is 0.324 e. The van der Waals surface area contributed by atoms with Crippen molar-refractivity contribution in [2.75, 3.05) is 18.9 Å². The maximum atomic E-state index is 12.2. The summed E-state index contributed by atoms with van der Waals surface area (Å²) in [7, 11) is 1.89. The van der Waals surface area contributed by atoms with Crippen LogP contribution in [0, 0.1) is 25.2 Å². The molecule has 0 aromatic heterocycles. The Balaban J connectivity index is 1.99. The number of anilines is 1. The van der Waals surface area contributed by atoms with Crippen molar-refractivity contribution in [2.45, 2.75) is 20.4 Å². The van der Waals surface area contributed by atoms with E-state index in [2.05, 4.69) is 37.4 Å². The number of halogens is 1. The Kier molecular flexibility index (Phi) is 5.97. The van der Waals surface area contributed by atoms with Crippen molar-refractivity contribution >= 4 is 23.2 Å². The van der Waals surface area contributed by atoms with Crippen LogP contribution >= 0.6 is 11.6 Å². The fraction of sp³-hybridized carbons (Fsp3) is 0.263. The lowest BCUT2D eigenvalue weighted by Crippen LogP contribution is -2.30. The number of nitrogens with one attached hydrogen (secondary N) is 1. The zero-order chi connectivity index (χ0) is 17.7. The Morgan fingerprint density at radius 2 is 2.00 bits per heavy atom. The van der Waals surface area contributed by atoms with Gasteiger partial charge in [-0.15, -0.1) is 0 Å². The molecule has 0 saturated heterocycles. The molecule has 0 radical (unpaired) electrons. The number of carbonyl (C=O) groups excluding carboxylic acids is 1. The zero-order valence-corrected chi connectivity index (χ0v) is 14.8. The third-order valence-corrected chi connectivity index (χ3v) is 3.96. The summed E-state index contributed by atoms with van der Waals surface area (Å²) in [4.78, 5) is 14.2. The molecule has 4 nitrogen and oxygen atoms in total. The number of rotatable bonds is 5. The predicted octanol–water partition coefficient (Wildman–Crippen LogP) is 3.90. The van der Waals surface area contributed by atoms with Crippen LogP contribution in [-0.2, 0) is 11.3 Å². The van der Waals surface area contributed by atoms with Crippen LogP contribution in [0.4, 0.5) is 5.69 Å². The molecule has 2 aromatic carbocycles. The minimum absolute atomic E-state index is 0.180. The first-order valence-electron chi connectivity index (χ1n) is 7.63. The van der Waals surface area contributed by atoms with Crippen LogP contribution in [0.25, 0.3) is 0 Å². The number of aryl methyl sites for hydroxylation is 2.